The Bertz CT molecular complexity index is 528. The predicted octanol–water partition coefficient (Wildman–Crippen LogP) is 2.71. The van der Waals surface area contributed by atoms with Gasteiger partial charge < -0.3 is 0 Å². The number of aromatic nitrogens is 3. The van der Waals surface area contributed by atoms with E-state index in [-0.39, 0.29) is 0 Å². The van der Waals surface area contributed by atoms with Crippen LogP contribution in [0.15, 0.2) is 24.3 Å². The van der Waals surface area contributed by atoms with Gasteiger partial charge in [-0.25, -0.2) is 0 Å². The van der Waals surface area contributed by atoms with Gasteiger partial charge in [-0.3, -0.25) is 4.57 Å². The van der Waals surface area contributed by atoms with Crippen molar-refractivity contribution < 1.29 is 0 Å². The molecule has 0 unspecified atom stereocenters. The lowest BCUT2D eigenvalue weighted by molar-refractivity contribution is 0.710. The fourth-order valence-electron chi connectivity index (χ4n) is 2.48. The van der Waals surface area contributed by atoms with Crippen LogP contribution in [0.4, 0.5) is 0 Å². The maximum Gasteiger partial charge on any atom is 0.137 e. The molecule has 3 nitrogen and oxygen atoms in total. The summed E-state index contributed by atoms with van der Waals surface area (Å²) in [5.41, 5.74) is 2.70. The van der Waals surface area contributed by atoms with Crippen molar-refractivity contribution in [3.63, 3.8) is 0 Å². The summed E-state index contributed by atoms with van der Waals surface area (Å²) in [7, 11) is 0. The van der Waals surface area contributed by atoms with Gasteiger partial charge in [0.25, 0.3) is 0 Å². The van der Waals surface area contributed by atoms with E-state index in [0.717, 1.165) is 30.9 Å². The zero-order chi connectivity index (χ0) is 11.7. The molecule has 1 aliphatic rings. The third kappa shape index (κ3) is 1.75. The molecule has 1 aromatic heterocycles. The van der Waals surface area contributed by atoms with Gasteiger partial charge in [0.05, 0.1) is 5.69 Å². The van der Waals surface area contributed by atoms with Crippen molar-refractivity contribution in [2.75, 3.05) is 0 Å². The lowest BCUT2D eigenvalue weighted by Crippen LogP contribution is -2.14. The van der Waals surface area contributed by atoms with Crippen molar-refractivity contribution >= 4 is 0 Å². The highest BCUT2D eigenvalue weighted by Gasteiger charge is 2.20. The summed E-state index contributed by atoms with van der Waals surface area (Å²) in [5, 5.41) is 8.67. The highest BCUT2D eigenvalue weighted by atomic mass is 15.3. The van der Waals surface area contributed by atoms with Crippen LogP contribution in [0.25, 0.3) is 5.69 Å². The van der Waals surface area contributed by atoms with Gasteiger partial charge in [0.2, 0.25) is 0 Å². The van der Waals surface area contributed by atoms with Crippen LogP contribution in [0, 0.1) is 0 Å². The molecule has 0 fully saturated rings. The van der Waals surface area contributed by atoms with E-state index in [1.54, 1.807) is 0 Å². The van der Waals surface area contributed by atoms with Crippen LogP contribution in [-0.4, -0.2) is 14.8 Å². The van der Waals surface area contributed by atoms with Crippen LogP contribution in [0.2, 0.25) is 0 Å². The Morgan fingerprint density at radius 1 is 1.18 bits per heavy atom. The summed E-state index contributed by atoms with van der Waals surface area (Å²) < 4.78 is 2.26. The second-order valence-corrected chi connectivity index (χ2v) is 4.60. The molecule has 2 heterocycles. The Hall–Kier alpha value is -1.64. The summed E-state index contributed by atoms with van der Waals surface area (Å²) in [6.45, 7) is 2.21. The third-order valence-electron chi connectivity index (χ3n) is 3.40. The molecule has 0 aliphatic carbocycles. The van der Waals surface area contributed by atoms with Crippen LogP contribution in [0.1, 0.15) is 37.0 Å². The minimum atomic E-state index is 1.01. The van der Waals surface area contributed by atoms with Gasteiger partial charge >= 0.3 is 0 Å². The standard InChI is InChI=1S/C14H17N3/c1-2-3-8-13-15-16-14-10-9-11-6-4-5-7-12(11)17(13)14/h4-7H,2-3,8-10H2,1H3. The Labute approximate surface area is 101 Å². The third-order valence-corrected chi connectivity index (χ3v) is 3.40. The van der Waals surface area contributed by atoms with Crippen molar-refractivity contribution in [2.24, 2.45) is 0 Å². The molecule has 0 radical (unpaired) electrons. The van der Waals surface area contributed by atoms with Crippen LogP contribution in [0.5, 0.6) is 0 Å². The number of hydrogen-bond donors (Lipinski definition) is 0. The summed E-state index contributed by atoms with van der Waals surface area (Å²) in [6, 6.07) is 8.59. The number of fused-ring (bicyclic) bond motifs is 3. The van der Waals surface area contributed by atoms with E-state index in [1.165, 1.54) is 24.1 Å². The van der Waals surface area contributed by atoms with Crippen LogP contribution in [-0.2, 0) is 19.3 Å². The first-order valence-corrected chi connectivity index (χ1v) is 6.41. The molecular formula is C14H17N3. The fraction of sp³-hybridized carbons (Fsp3) is 0.429. The first-order chi connectivity index (χ1) is 8.40. The smallest absolute Gasteiger partial charge is 0.137 e. The summed E-state index contributed by atoms with van der Waals surface area (Å²) >= 11 is 0. The Morgan fingerprint density at radius 2 is 2.06 bits per heavy atom. The monoisotopic (exact) mass is 227 g/mol. The summed E-state index contributed by atoms with van der Waals surface area (Å²) in [5.74, 6) is 2.24. The number of rotatable bonds is 3. The number of nitrogens with zero attached hydrogens (tertiary/aromatic N) is 3. The second-order valence-electron chi connectivity index (χ2n) is 4.60. The molecule has 3 rings (SSSR count). The molecule has 88 valence electrons. The van der Waals surface area contributed by atoms with Gasteiger partial charge in [0.1, 0.15) is 11.6 Å². The Kier molecular flexibility index (Phi) is 2.67. The Morgan fingerprint density at radius 3 is 2.94 bits per heavy atom. The van der Waals surface area contributed by atoms with E-state index in [9.17, 15) is 0 Å². The number of para-hydroxylation sites is 1. The lowest BCUT2D eigenvalue weighted by atomic mass is 10.0. The van der Waals surface area contributed by atoms with E-state index in [2.05, 4.69) is 46.0 Å². The highest BCUT2D eigenvalue weighted by molar-refractivity contribution is 5.45. The zero-order valence-electron chi connectivity index (χ0n) is 10.2. The van der Waals surface area contributed by atoms with Crippen molar-refractivity contribution in [3.05, 3.63) is 41.5 Å². The molecule has 17 heavy (non-hydrogen) atoms. The first kappa shape index (κ1) is 10.5. The van der Waals surface area contributed by atoms with E-state index < -0.39 is 0 Å². The molecular weight excluding hydrogens is 210 g/mol. The van der Waals surface area contributed by atoms with Gasteiger partial charge in [-0.2, -0.15) is 0 Å². The van der Waals surface area contributed by atoms with Crippen molar-refractivity contribution in [2.45, 2.75) is 39.0 Å². The average Bonchev–Trinajstić information content (AvgIpc) is 2.80. The number of unbranched alkanes of at least 4 members (excludes halogenated alkanes) is 1. The lowest BCUT2D eigenvalue weighted by Gasteiger charge is -2.19. The topological polar surface area (TPSA) is 30.7 Å². The van der Waals surface area contributed by atoms with Crippen molar-refractivity contribution in [3.8, 4) is 5.69 Å². The number of aryl methyl sites for hydroxylation is 3. The largest absolute Gasteiger partial charge is 0.283 e. The molecule has 0 saturated carbocycles. The van der Waals surface area contributed by atoms with Gasteiger partial charge in [0, 0.05) is 12.8 Å². The average molecular weight is 227 g/mol. The van der Waals surface area contributed by atoms with Gasteiger partial charge in [-0.1, -0.05) is 31.5 Å². The minimum Gasteiger partial charge on any atom is -0.283 e. The molecule has 1 aromatic carbocycles. The van der Waals surface area contributed by atoms with Crippen molar-refractivity contribution in [1.29, 1.82) is 0 Å². The normalized spacial score (nSPS) is 13.2. The van der Waals surface area contributed by atoms with Crippen LogP contribution >= 0.6 is 0 Å². The maximum atomic E-state index is 4.35. The van der Waals surface area contributed by atoms with E-state index >= 15 is 0 Å². The van der Waals surface area contributed by atoms with E-state index in [4.69, 9.17) is 0 Å². The molecule has 2 aromatic rings. The SMILES string of the molecule is CCCCc1nnc2n1-c1ccccc1CC2. The van der Waals surface area contributed by atoms with Crippen LogP contribution in [0.3, 0.4) is 0 Å². The molecule has 3 heteroatoms. The molecule has 0 bridgehead atoms. The Balaban J connectivity index is 2.06. The summed E-state index contributed by atoms with van der Waals surface area (Å²) in [4.78, 5) is 0. The highest BCUT2D eigenvalue weighted by Crippen LogP contribution is 2.25. The molecule has 0 atom stereocenters. The van der Waals surface area contributed by atoms with Gasteiger partial charge in [0.15, 0.2) is 0 Å². The molecule has 0 saturated heterocycles. The predicted molar refractivity (Wildman–Crippen MR) is 67.4 cm³/mol. The van der Waals surface area contributed by atoms with E-state index in [0.29, 0.717) is 0 Å². The maximum absolute atomic E-state index is 4.35. The molecule has 0 amide bonds. The number of benzene rings is 1. The van der Waals surface area contributed by atoms with Gasteiger partial charge in [-0.05, 0) is 24.5 Å². The molecule has 0 N–H and O–H groups in total. The zero-order valence-corrected chi connectivity index (χ0v) is 10.2. The molecule has 1 aliphatic heterocycles. The van der Waals surface area contributed by atoms with Crippen LogP contribution < -0.4 is 0 Å². The van der Waals surface area contributed by atoms with Crippen molar-refractivity contribution in [1.82, 2.24) is 14.8 Å². The quantitative estimate of drug-likeness (QED) is 0.807. The summed E-state index contributed by atoms with van der Waals surface area (Å²) in [6.07, 6.45) is 5.50. The van der Waals surface area contributed by atoms with Gasteiger partial charge in [-0.15, -0.1) is 10.2 Å². The van der Waals surface area contributed by atoms with E-state index in [1.807, 2.05) is 0 Å². The first-order valence-electron chi connectivity index (χ1n) is 6.41. The number of hydrogen-bond acceptors (Lipinski definition) is 2. The second kappa shape index (κ2) is 4.32. The molecule has 0 spiro atoms. The fourth-order valence-corrected chi connectivity index (χ4v) is 2.48. The minimum absolute atomic E-state index is 1.01.